The zero-order valence-electron chi connectivity index (χ0n) is 8.74. The quantitative estimate of drug-likeness (QED) is 0.740. The highest BCUT2D eigenvalue weighted by molar-refractivity contribution is 7.71. The molecule has 0 atom stereocenters. The summed E-state index contributed by atoms with van der Waals surface area (Å²) in [5, 5.41) is 0. The number of nitrogens with one attached hydrogen (secondary N) is 1. The topological polar surface area (TPSA) is 28.7 Å². The number of aryl methyl sites for hydroxylation is 2. The van der Waals surface area contributed by atoms with E-state index in [1.165, 1.54) is 5.56 Å². The maximum absolute atomic E-state index is 5.08. The summed E-state index contributed by atoms with van der Waals surface area (Å²) >= 11 is 5.08. The van der Waals surface area contributed by atoms with Crippen LogP contribution >= 0.6 is 12.2 Å². The molecule has 0 aliphatic carbocycles. The van der Waals surface area contributed by atoms with Gasteiger partial charge in [-0.05, 0) is 19.9 Å². The van der Waals surface area contributed by atoms with E-state index in [2.05, 4.69) is 29.0 Å². The molecular formula is C12H12N2S. The molecular weight excluding hydrogens is 204 g/mol. The van der Waals surface area contributed by atoms with Gasteiger partial charge >= 0.3 is 0 Å². The molecule has 0 saturated heterocycles. The molecule has 3 heteroatoms. The fourth-order valence-electron chi connectivity index (χ4n) is 1.43. The molecule has 0 aliphatic heterocycles. The summed E-state index contributed by atoms with van der Waals surface area (Å²) in [6.45, 7) is 4.05. The summed E-state index contributed by atoms with van der Waals surface area (Å²) < 4.78 is 0.627. The molecule has 0 amide bonds. The summed E-state index contributed by atoms with van der Waals surface area (Å²) in [5.74, 6) is 0.833. The zero-order chi connectivity index (χ0) is 10.8. The fourth-order valence-corrected chi connectivity index (χ4v) is 1.69. The Hall–Kier alpha value is -1.48. The van der Waals surface area contributed by atoms with E-state index in [4.69, 9.17) is 12.2 Å². The summed E-state index contributed by atoms with van der Waals surface area (Å²) in [4.78, 5) is 7.50. The summed E-state index contributed by atoms with van der Waals surface area (Å²) in [7, 11) is 0. The van der Waals surface area contributed by atoms with Crippen LogP contribution in [0.25, 0.3) is 11.4 Å². The van der Waals surface area contributed by atoms with Crippen molar-refractivity contribution >= 4 is 12.2 Å². The van der Waals surface area contributed by atoms with E-state index in [0.29, 0.717) is 4.64 Å². The minimum Gasteiger partial charge on any atom is -0.343 e. The second-order valence-electron chi connectivity index (χ2n) is 3.62. The van der Waals surface area contributed by atoms with Gasteiger partial charge in [0.1, 0.15) is 10.5 Å². The van der Waals surface area contributed by atoms with Crippen molar-refractivity contribution in [3.8, 4) is 11.4 Å². The molecule has 0 radical (unpaired) electrons. The average molecular weight is 216 g/mol. The molecule has 0 unspecified atom stereocenters. The molecule has 15 heavy (non-hydrogen) atoms. The number of benzene rings is 1. The monoisotopic (exact) mass is 216 g/mol. The van der Waals surface area contributed by atoms with Gasteiger partial charge in [0.05, 0.1) is 0 Å². The second-order valence-corrected chi connectivity index (χ2v) is 4.04. The fraction of sp³-hybridized carbons (Fsp3) is 0.167. The van der Waals surface area contributed by atoms with Crippen LogP contribution in [0.5, 0.6) is 0 Å². The SMILES string of the molecule is Cc1ccc(-c2nc(=S)cc(C)[nH]2)cc1. The maximum Gasteiger partial charge on any atom is 0.139 e. The van der Waals surface area contributed by atoms with E-state index in [1.54, 1.807) is 0 Å². The Morgan fingerprint density at radius 3 is 2.40 bits per heavy atom. The molecule has 1 heterocycles. The van der Waals surface area contributed by atoms with Gasteiger partial charge in [-0.2, -0.15) is 0 Å². The third-order valence-corrected chi connectivity index (χ3v) is 2.41. The number of hydrogen-bond acceptors (Lipinski definition) is 2. The third-order valence-electron chi connectivity index (χ3n) is 2.20. The van der Waals surface area contributed by atoms with Gasteiger partial charge in [-0.15, -0.1) is 0 Å². The van der Waals surface area contributed by atoms with Crippen LogP contribution in [0.3, 0.4) is 0 Å². The van der Waals surface area contributed by atoms with Crippen LogP contribution in [-0.2, 0) is 0 Å². The Morgan fingerprint density at radius 1 is 1.13 bits per heavy atom. The lowest BCUT2D eigenvalue weighted by atomic mass is 10.1. The molecule has 0 spiro atoms. The van der Waals surface area contributed by atoms with Gasteiger partial charge in [0.2, 0.25) is 0 Å². The van der Waals surface area contributed by atoms with Gasteiger partial charge in [0.15, 0.2) is 0 Å². The Morgan fingerprint density at radius 2 is 1.80 bits per heavy atom. The minimum absolute atomic E-state index is 0.627. The van der Waals surface area contributed by atoms with Gasteiger partial charge in [0.25, 0.3) is 0 Å². The number of H-pyrrole nitrogens is 1. The first-order chi connectivity index (χ1) is 7.15. The van der Waals surface area contributed by atoms with Crippen LogP contribution in [0.4, 0.5) is 0 Å². The third kappa shape index (κ3) is 2.30. The molecule has 76 valence electrons. The molecule has 2 nitrogen and oxygen atoms in total. The second kappa shape index (κ2) is 3.95. The normalized spacial score (nSPS) is 10.3. The van der Waals surface area contributed by atoms with Crippen molar-refractivity contribution in [1.29, 1.82) is 0 Å². The summed E-state index contributed by atoms with van der Waals surface area (Å²) in [6, 6.07) is 10.1. The Labute approximate surface area is 94.0 Å². The minimum atomic E-state index is 0.627. The van der Waals surface area contributed by atoms with E-state index in [0.717, 1.165) is 17.1 Å². The summed E-state index contributed by atoms with van der Waals surface area (Å²) in [6.07, 6.45) is 0. The molecule has 2 aromatic rings. The molecule has 0 saturated carbocycles. The number of nitrogens with zero attached hydrogens (tertiary/aromatic N) is 1. The van der Waals surface area contributed by atoms with Crippen LogP contribution in [0, 0.1) is 18.5 Å². The van der Waals surface area contributed by atoms with Gasteiger partial charge in [-0.3, -0.25) is 0 Å². The van der Waals surface area contributed by atoms with E-state index in [1.807, 2.05) is 25.1 Å². The van der Waals surface area contributed by atoms with Crippen molar-refractivity contribution in [2.75, 3.05) is 0 Å². The Bertz CT molecular complexity index is 526. The van der Waals surface area contributed by atoms with Gasteiger partial charge in [-0.1, -0.05) is 42.0 Å². The highest BCUT2D eigenvalue weighted by Crippen LogP contribution is 2.15. The van der Waals surface area contributed by atoms with Crippen LogP contribution in [0.1, 0.15) is 11.3 Å². The van der Waals surface area contributed by atoms with Crippen molar-refractivity contribution in [3.05, 3.63) is 46.2 Å². The van der Waals surface area contributed by atoms with Crippen molar-refractivity contribution in [1.82, 2.24) is 9.97 Å². The lowest BCUT2D eigenvalue weighted by Gasteiger charge is -2.03. The lowest BCUT2D eigenvalue weighted by molar-refractivity contribution is 1.10. The molecule has 1 N–H and O–H groups in total. The largest absolute Gasteiger partial charge is 0.343 e. The summed E-state index contributed by atoms with van der Waals surface area (Å²) in [5.41, 5.74) is 3.34. The van der Waals surface area contributed by atoms with E-state index in [-0.39, 0.29) is 0 Å². The predicted molar refractivity (Wildman–Crippen MR) is 64.3 cm³/mol. The molecule has 1 aromatic heterocycles. The maximum atomic E-state index is 5.08. The Balaban J connectivity index is 2.54. The molecule has 0 aliphatic rings. The van der Waals surface area contributed by atoms with E-state index >= 15 is 0 Å². The predicted octanol–water partition coefficient (Wildman–Crippen LogP) is 3.42. The van der Waals surface area contributed by atoms with Crippen molar-refractivity contribution in [3.63, 3.8) is 0 Å². The number of rotatable bonds is 1. The zero-order valence-corrected chi connectivity index (χ0v) is 9.56. The average Bonchev–Trinajstić information content (AvgIpc) is 2.17. The van der Waals surface area contributed by atoms with Gasteiger partial charge in [-0.25, -0.2) is 4.98 Å². The lowest BCUT2D eigenvalue weighted by Crippen LogP contribution is -1.91. The van der Waals surface area contributed by atoms with Crippen molar-refractivity contribution in [2.45, 2.75) is 13.8 Å². The molecule has 0 bridgehead atoms. The van der Waals surface area contributed by atoms with Gasteiger partial charge in [0, 0.05) is 11.3 Å². The first-order valence-corrected chi connectivity index (χ1v) is 5.21. The highest BCUT2D eigenvalue weighted by Gasteiger charge is 1.99. The van der Waals surface area contributed by atoms with Crippen LogP contribution in [0.15, 0.2) is 30.3 Å². The first kappa shape index (κ1) is 10.1. The smallest absolute Gasteiger partial charge is 0.139 e. The van der Waals surface area contributed by atoms with Crippen LogP contribution < -0.4 is 0 Å². The molecule has 2 rings (SSSR count). The van der Waals surface area contributed by atoms with E-state index < -0.39 is 0 Å². The van der Waals surface area contributed by atoms with Crippen molar-refractivity contribution in [2.24, 2.45) is 0 Å². The van der Waals surface area contributed by atoms with Crippen LogP contribution in [-0.4, -0.2) is 9.97 Å². The number of aromatic amines is 1. The van der Waals surface area contributed by atoms with Crippen molar-refractivity contribution < 1.29 is 0 Å². The first-order valence-electron chi connectivity index (χ1n) is 4.80. The van der Waals surface area contributed by atoms with E-state index in [9.17, 15) is 0 Å². The Kier molecular flexibility index (Phi) is 2.64. The van der Waals surface area contributed by atoms with Gasteiger partial charge < -0.3 is 4.98 Å². The number of hydrogen-bond donors (Lipinski definition) is 1. The molecule has 1 aromatic carbocycles. The molecule has 0 fully saturated rings. The highest BCUT2D eigenvalue weighted by atomic mass is 32.1. The van der Waals surface area contributed by atoms with Crippen LogP contribution in [0.2, 0.25) is 0 Å². The standard InChI is InChI=1S/C12H12N2S/c1-8-3-5-10(6-4-8)12-13-9(2)7-11(15)14-12/h3-7H,1-2H3,(H,13,14,15). The number of aromatic nitrogens is 2.